The Bertz CT molecular complexity index is 1520. The number of nitrogens with zero attached hydrogens (tertiary/aromatic N) is 2. The number of likely N-dealkylation sites (tertiary alicyclic amines) is 1. The lowest BCUT2D eigenvalue weighted by molar-refractivity contribution is -0.144. The number of Topliss-reactive ketones (excluding diaryl/α,β-unsaturated/α-hetero) is 1. The minimum Gasteiger partial charge on any atom is -0.496 e. The van der Waals surface area contributed by atoms with E-state index in [1.165, 1.54) is 4.90 Å². The van der Waals surface area contributed by atoms with E-state index in [0.717, 1.165) is 18.4 Å². The Labute approximate surface area is 294 Å². The summed E-state index contributed by atoms with van der Waals surface area (Å²) in [6.45, 7) is 14.3. The van der Waals surface area contributed by atoms with Crippen LogP contribution < -0.4 is 25.4 Å². The van der Waals surface area contributed by atoms with Crippen LogP contribution in [0.25, 0.3) is 0 Å². The van der Waals surface area contributed by atoms with E-state index in [2.05, 4.69) is 21.1 Å². The molecular weight excluding hydrogens is 646 g/mol. The van der Waals surface area contributed by atoms with Crippen LogP contribution in [0.1, 0.15) is 98.1 Å². The van der Waals surface area contributed by atoms with Gasteiger partial charge < -0.3 is 39.9 Å². The predicted molar refractivity (Wildman–Crippen MR) is 185 cm³/mol. The average Bonchev–Trinajstić information content (AvgIpc) is 3.62. The van der Waals surface area contributed by atoms with Gasteiger partial charge in [-0.1, -0.05) is 39.3 Å². The zero-order valence-electron chi connectivity index (χ0n) is 31.0. The van der Waals surface area contributed by atoms with Crippen molar-refractivity contribution >= 4 is 35.3 Å². The van der Waals surface area contributed by atoms with Gasteiger partial charge in [-0.15, -0.1) is 0 Å². The first-order valence-electron chi connectivity index (χ1n) is 17.2. The van der Waals surface area contributed by atoms with Crippen LogP contribution in [0.3, 0.4) is 0 Å². The Morgan fingerprint density at radius 3 is 2.24 bits per heavy atom. The first-order valence-corrected chi connectivity index (χ1v) is 17.2. The summed E-state index contributed by atoms with van der Waals surface area (Å²) < 4.78 is 16.6. The van der Waals surface area contributed by atoms with E-state index in [-0.39, 0.29) is 31.8 Å². The molecular formula is C36H53N5O9. The molecule has 2 heterocycles. The number of hydrogen-bond acceptors (Lipinski definition) is 10. The van der Waals surface area contributed by atoms with Crippen LogP contribution in [0.4, 0.5) is 4.79 Å². The van der Waals surface area contributed by atoms with Crippen LogP contribution in [-0.4, -0.2) is 96.3 Å². The van der Waals surface area contributed by atoms with Gasteiger partial charge in [0, 0.05) is 30.5 Å². The minimum absolute atomic E-state index is 0.0270. The third-order valence-electron chi connectivity index (χ3n) is 8.97. The second kappa shape index (κ2) is 14.9. The summed E-state index contributed by atoms with van der Waals surface area (Å²) in [6.07, 6.45) is 1.89. The molecule has 1 aromatic rings. The first kappa shape index (κ1) is 38.4. The molecule has 3 N–H and O–H groups in total. The van der Waals surface area contributed by atoms with Crippen molar-refractivity contribution in [2.24, 2.45) is 10.6 Å². The van der Waals surface area contributed by atoms with Crippen molar-refractivity contribution < 1.29 is 43.0 Å². The van der Waals surface area contributed by atoms with Gasteiger partial charge in [-0.05, 0) is 64.0 Å². The van der Waals surface area contributed by atoms with Gasteiger partial charge in [0.2, 0.25) is 17.6 Å². The molecule has 14 heteroatoms. The number of nitrogens with one attached hydrogen (secondary N) is 3. The number of carbonyl (C=O) groups is 5. The van der Waals surface area contributed by atoms with E-state index in [0.29, 0.717) is 29.2 Å². The SMILES string of the molecule is CCC[C@H](NC(=O)[C@@H]1C[C@]2(CC(c3cc(C)c(OC)cc3OC)=NO2)CN1C(=O)[C@@H](NC(=O)OC(C)(C)C)C(C)(C)C)C(=O)C(=O)NC1CC1. The normalized spacial score (nSPS) is 21.4. The van der Waals surface area contributed by atoms with Gasteiger partial charge in [-0.2, -0.15) is 0 Å². The smallest absolute Gasteiger partial charge is 0.408 e. The molecule has 4 atom stereocenters. The van der Waals surface area contributed by atoms with Crippen LogP contribution in [0.15, 0.2) is 17.3 Å². The highest BCUT2D eigenvalue weighted by Gasteiger charge is 2.56. The number of benzene rings is 1. The van der Waals surface area contributed by atoms with Gasteiger partial charge >= 0.3 is 6.09 Å². The van der Waals surface area contributed by atoms with Crippen LogP contribution in [0.5, 0.6) is 11.5 Å². The fourth-order valence-corrected chi connectivity index (χ4v) is 6.27. The Balaban J connectivity index is 1.66. The van der Waals surface area contributed by atoms with Crippen molar-refractivity contribution in [1.82, 2.24) is 20.9 Å². The monoisotopic (exact) mass is 699 g/mol. The Hall–Kier alpha value is -4.36. The van der Waals surface area contributed by atoms with Gasteiger partial charge in [0.15, 0.2) is 5.60 Å². The number of ether oxygens (including phenoxy) is 3. The van der Waals surface area contributed by atoms with Crippen LogP contribution in [-0.2, 0) is 28.8 Å². The second-order valence-corrected chi connectivity index (χ2v) is 15.6. The first-order chi connectivity index (χ1) is 23.3. The zero-order valence-corrected chi connectivity index (χ0v) is 31.0. The van der Waals surface area contributed by atoms with E-state index in [1.54, 1.807) is 61.8 Å². The van der Waals surface area contributed by atoms with Crippen LogP contribution in [0, 0.1) is 12.3 Å². The summed E-state index contributed by atoms with van der Waals surface area (Å²) in [5.41, 5.74) is -0.606. The molecule has 276 valence electrons. The van der Waals surface area contributed by atoms with Crippen molar-refractivity contribution in [3.8, 4) is 11.5 Å². The number of ketones is 1. The highest BCUT2D eigenvalue weighted by atomic mass is 16.7. The van der Waals surface area contributed by atoms with Gasteiger partial charge in [0.1, 0.15) is 29.2 Å². The predicted octanol–water partition coefficient (Wildman–Crippen LogP) is 3.55. The van der Waals surface area contributed by atoms with E-state index in [4.69, 9.17) is 19.0 Å². The van der Waals surface area contributed by atoms with Crippen molar-refractivity contribution in [1.29, 1.82) is 0 Å². The maximum atomic E-state index is 14.5. The summed E-state index contributed by atoms with van der Waals surface area (Å²) in [6, 6.07) is 0.336. The standard InChI is InChI=1S/C36H53N5O9/c1-11-12-23(28(42)31(44)37-21-13-14-21)38-30(43)25-18-36(17-24(40-50-36)22-15-20(2)26(47-9)16-27(22)48-10)19-41(25)32(45)29(34(3,4)5)39-33(46)49-35(6,7)8/h15-16,21,23,25,29H,11-14,17-19H2,1-10H3,(H,37,44)(H,38,43)(H,39,46)/t23-,25-,29+,36+/m0/s1. The molecule has 50 heavy (non-hydrogen) atoms. The lowest BCUT2D eigenvalue weighted by Gasteiger charge is -2.36. The van der Waals surface area contributed by atoms with Crippen molar-refractivity contribution in [3.63, 3.8) is 0 Å². The van der Waals surface area contributed by atoms with E-state index in [1.807, 2.05) is 19.9 Å². The maximum Gasteiger partial charge on any atom is 0.408 e. The molecule has 0 unspecified atom stereocenters. The number of oxime groups is 1. The zero-order chi connectivity index (χ0) is 37.2. The quantitative estimate of drug-likeness (QED) is 0.276. The molecule has 4 rings (SSSR count). The minimum atomic E-state index is -1.11. The number of amides is 4. The summed E-state index contributed by atoms with van der Waals surface area (Å²) in [5, 5.41) is 12.6. The number of alkyl carbamates (subject to hydrolysis) is 1. The lowest BCUT2D eigenvalue weighted by atomic mass is 9.85. The summed E-state index contributed by atoms with van der Waals surface area (Å²) in [5.74, 6) is -1.45. The van der Waals surface area contributed by atoms with Gasteiger partial charge in [0.25, 0.3) is 5.91 Å². The Morgan fingerprint density at radius 1 is 1.02 bits per heavy atom. The van der Waals surface area contributed by atoms with Crippen LogP contribution >= 0.6 is 0 Å². The fraction of sp³-hybridized carbons (Fsp3) is 0.667. The molecule has 4 amide bonds. The molecule has 14 nitrogen and oxygen atoms in total. The molecule has 3 aliphatic rings. The Kier molecular flexibility index (Phi) is 11.4. The van der Waals surface area contributed by atoms with E-state index < -0.39 is 64.3 Å². The topological polar surface area (TPSA) is 174 Å². The molecule has 0 aromatic heterocycles. The molecule has 2 aliphatic heterocycles. The molecule has 1 saturated carbocycles. The van der Waals surface area contributed by atoms with Crippen molar-refractivity contribution in [2.45, 2.75) is 129 Å². The molecule has 1 aromatic carbocycles. The number of carbonyl (C=O) groups excluding carboxylic acids is 5. The third kappa shape index (κ3) is 9.05. The number of hydrogen-bond donors (Lipinski definition) is 3. The molecule has 1 spiro atoms. The molecule has 2 fully saturated rings. The molecule has 0 radical (unpaired) electrons. The molecule has 1 saturated heterocycles. The lowest BCUT2D eigenvalue weighted by Crippen LogP contribution is -2.59. The number of rotatable bonds is 12. The summed E-state index contributed by atoms with van der Waals surface area (Å²) in [4.78, 5) is 75.0. The summed E-state index contributed by atoms with van der Waals surface area (Å²) >= 11 is 0. The molecule has 0 bridgehead atoms. The van der Waals surface area contributed by atoms with Crippen molar-refractivity contribution in [2.75, 3.05) is 20.8 Å². The highest BCUT2D eigenvalue weighted by Crippen LogP contribution is 2.42. The fourth-order valence-electron chi connectivity index (χ4n) is 6.27. The summed E-state index contributed by atoms with van der Waals surface area (Å²) in [7, 11) is 3.11. The van der Waals surface area contributed by atoms with Crippen molar-refractivity contribution in [3.05, 3.63) is 23.3 Å². The second-order valence-electron chi connectivity index (χ2n) is 15.6. The third-order valence-corrected chi connectivity index (χ3v) is 8.97. The average molecular weight is 700 g/mol. The van der Waals surface area contributed by atoms with E-state index >= 15 is 0 Å². The number of methoxy groups -OCH3 is 2. The highest BCUT2D eigenvalue weighted by molar-refractivity contribution is 6.38. The van der Waals surface area contributed by atoms with Crippen LogP contribution in [0.2, 0.25) is 0 Å². The van der Waals surface area contributed by atoms with Gasteiger partial charge in [-0.3, -0.25) is 19.2 Å². The molecule has 1 aliphatic carbocycles. The largest absolute Gasteiger partial charge is 0.496 e. The number of aryl methyl sites for hydroxylation is 1. The van der Waals surface area contributed by atoms with Gasteiger partial charge in [0.05, 0.1) is 32.5 Å². The Morgan fingerprint density at radius 2 is 1.68 bits per heavy atom. The van der Waals surface area contributed by atoms with Gasteiger partial charge in [-0.25, -0.2) is 4.79 Å². The maximum absolute atomic E-state index is 14.5. The van der Waals surface area contributed by atoms with E-state index in [9.17, 15) is 24.0 Å².